The summed E-state index contributed by atoms with van der Waals surface area (Å²) in [5, 5.41) is 12.7. The molecule has 0 saturated heterocycles. The maximum absolute atomic E-state index is 11.3. The van der Waals surface area contributed by atoms with Crippen molar-refractivity contribution in [3.8, 4) is 17.1 Å². The molecule has 1 amide bonds. The molecular weight excluding hydrogens is 344 g/mol. The van der Waals surface area contributed by atoms with Crippen LogP contribution >= 0.6 is 0 Å². The Kier molecular flexibility index (Phi) is 5.35. The average molecular weight is 366 g/mol. The van der Waals surface area contributed by atoms with Crippen molar-refractivity contribution in [3.63, 3.8) is 0 Å². The van der Waals surface area contributed by atoms with Crippen LogP contribution in [0.25, 0.3) is 11.4 Å². The van der Waals surface area contributed by atoms with Gasteiger partial charge in [-0.3, -0.25) is 9.89 Å². The predicted molar refractivity (Wildman–Crippen MR) is 103 cm³/mol. The summed E-state index contributed by atoms with van der Waals surface area (Å²) in [6.45, 7) is 5.65. The van der Waals surface area contributed by atoms with E-state index in [4.69, 9.17) is 4.74 Å². The summed E-state index contributed by atoms with van der Waals surface area (Å²) >= 11 is 0. The molecule has 0 fully saturated rings. The van der Waals surface area contributed by atoms with E-state index in [0.29, 0.717) is 24.0 Å². The van der Waals surface area contributed by atoms with Crippen molar-refractivity contribution in [2.24, 2.45) is 0 Å². The zero-order chi connectivity index (χ0) is 19.3. The van der Waals surface area contributed by atoms with Crippen molar-refractivity contribution in [1.82, 2.24) is 25.5 Å². The highest BCUT2D eigenvalue weighted by atomic mass is 16.5. The van der Waals surface area contributed by atoms with Crippen molar-refractivity contribution in [2.45, 2.75) is 26.3 Å². The number of H-pyrrole nitrogens is 1. The lowest BCUT2D eigenvalue weighted by Crippen LogP contribution is -2.46. The second-order valence-electron chi connectivity index (χ2n) is 6.76. The highest BCUT2D eigenvalue weighted by Crippen LogP contribution is 2.23. The van der Waals surface area contributed by atoms with Crippen LogP contribution < -0.4 is 15.4 Å². The minimum Gasteiger partial charge on any atom is -0.491 e. The number of anilines is 2. The van der Waals surface area contributed by atoms with Crippen LogP contribution in [-0.4, -0.2) is 38.2 Å². The molecule has 0 aliphatic carbocycles. The Morgan fingerprint density at radius 2 is 2.15 bits per heavy atom. The molecule has 0 aliphatic heterocycles. The largest absolute Gasteiger partial charge is 0.491 e. The fourth-order valence-corrected chi connectivity index (χ4v) is 2.54. The van der Waals surface area contributed by atoms with E-state index in [-0.39, 0.29) is 5.91 Å². The van der Waals surface area contributed by atoms with Crippen molar-refractivity contribution in [1.29, 1.82) is 0 Å². The molecule has 3 N–H and O–H groups in total. The van der Waals surface area contributed by atoms with Crippen LogP contribution in [0.15, 0.2) is 48.9 Å². The Bertz CT molecular complexity index is 908. The Balaban J connectivity index is 1.72. The van der Waals surface area contributed by atoms with E-state index in [2.05, 4.69) is 30.8 Å². The van der Waals surface area contributed by atoms with Gasteiger partial charge in [-0.2, -0.15) is 5.10 Å². The van der Waals surface area contributed by atoms with Gasteiger partial charge < -0.3 is 15.4 Å². The first kappa shape index (κ1) is 18.4. The molecule has 8 heteroatoms. The second-order valence-corrected chi connectivity index (χ2v) is 6.76. The number of carbonyl (C=O) groups excluding carboxylic acids is 1. The molecule has 1 aromatic carbocycles. The van der Waals surface area contributed by atoms with Gasteiger partial charge in [-0.15, -0.1) is 0 Å². The molecule has 2 heterocycles. The topological polar surface area (TPSA) is 105 Å². The lowest BCUT2D eigenvalue weighted by Gasteiger charge is -2.25. The molecule has 0 saturated carbocycles. The number of rotatable bonds is 7. The zero-order valence-electron chi connectivity index (χ0n) is 15.5. The van der Waals surface area contributed by atoms with E-state index in [1.165, 1.54) is 6.92 Å². The summed E-state index contributed by atoms with van der Waals surface area (Å²) in [6, 6.07) is 9.33. The van der Waals surface area contributed by atoms with Gasteiger partial charge in [0.15, 0.2) is 5.82 Å². The van der Waals surface area contributed by atoms with E-state index in [1.54, 1.807) is 24.7 Å². The summed E-state index contributed by atoms with van der Waals surface area (Å²) in [5.41, 5.74) is 1.19. The molecule has 0 radical (unpaired) electrons. The van der Waals surface area contributed by atoms with E-state index in [0.717, 1.165) is 11.3 Å². The van der Waals surface area contributed by atoms with Crippen LogP contribution in [0.2, 0.25) is 0 Å². The number of hydrogen-bond donors (Lipinski definition) is 3. The zero-order valence-corrected chi connectivity index (χ0v) is 15.5. The van der Waals surface area contributed by atoms with Crippen molar-refractivity contribution >= 4 is 17.4 Å². The monoisotopic (exact) mass is 366 g/mol. The number of nitrogens with zero attached hydrogens (tertiary/aromatic N) is 3. The van der Waals surface area contributed by atoms with Crippen LogP contribution in [0.4, 0.5) is 11.5 Å². The third-order valence-corrected chi connectivity index (χ3v) is 3.63. The summed E-state index contributed by atoms with van der Waals surface area (Å²) in [7, 11) is 0. The first-order valence-corrected chi connectivity index (χ1v) is 8.52. The van der Waals surface area contributed by atoms with Gasteiger partial charge >= 0.3 is 0 Å². The van der Waals surface area contributed by atoms with Crippen LogP contribution in [0.3, 0.4) is 0 Å². The molecule has 0 bridgehead atoms. The third-order valence-electron chi connectivity index (χ3n) is 3.63. The lowest BCUT2D eigenvalue weighted by atomic mass is 10.1. The number of benzene rings is 1. The smallest absolute Gasteiger partial charge is 0.217 e. The predicted octanol–water partition coefficient (Wildman–Crippen LogP) is 2.90. The Labute approximate surface area is 157 Å². The molecule has 3 rings (SSSR count). The number of amides is 1. The van der Waals surface area contributed by atoms with E-state index in [9.17, 15) is 4.79 Å². The molecule has 140 valence electrons. The Morgan fingerprint density at radius 1 is 1.30 bits per heavy atom. The first-order chi connectivity index (χ1) is 12.9. The fraction of sp³-hybridized carbons (Fsp3) is 0.263. The summed E-state index contributed by atoms with van der Waals surface area (Å²) < 4.78 is 5.85. The number of aromatic amines is 1. The molecule has 2 aromatic heterocycles. The van der Waals surface area contributed by atoms with Crippen molar-refractivity contribution in [3.05, 3.63) is 48.9 Å². The number of hydrogen-bond acceptors (Lipinski definition) is 6. The molecular formula is C19H22N6O2. The van der Waals surface area contributed by atoms with E-state index >= 15 is 0 Å². The Hall–Kier alpha value is -3.42. The molecule has 0 aliphatic rings. The van der Waals surface area contributed by atoms with Gasteiger partial charge in [0.05, 0.1) is 17.4 Å². The molecule has 27 heavy (non-hydrogen) atoms. The SMILES string of the molecule is CC(=O)NC(C)(C)COc1cccc(-c2nccc(Nc3cn[nH]c3)n2)c1. The quantitative estimate of drug-likeness (QED) is 0.594. The number of ether oxygens (including phenoxy) is 1. The summed E-state index contributed by atoms with van der Waals surface area (Å²) in [5.74, 6) is 1.84. The lowest BCUT2D eigenvalue weighted by molar-refractivity contribution is -0.120. The van der Waals surface area contributed by atoms with Gasteiger partial charge in [0.25, 0.3) is 0 Å². The van der Waals surface area contributed by atoms with Crippen molar-refractivity contribution in [2.75, 3.05) is 11.9 Å². The second kappa shape index (κ2) is 7.86. The maximum atomic E-state index is 11.3. The highest BCUT2D eigenvalue weighted by Gasteiger charge is 2.19. The fourth-order valence-electron chi connectivity index (χ4n) is 2.54. The minimum absolute atomic E-state index is 0.0901. The van der Waals surface area contributed by atoms with Gasteiger partial charge in [-0.25, -0.2) is 9.97 Å². The van der Waals surface area contributed by atoms with Crippen LogP contribution in [0.5, 0.6) is 5.75 Å². The summed E-state index contributed by atoms with van der Waals surface area (Å²) in [4.78, 5) is 20.1. The van der Waals surface area contributed by atoms with Crippen LogP contribution in [0.1, 0.15) is 20.8 Å². The molecule has 3 aromatic rings. The number of carbonyl (C=O) groups is 1. The molecule has 0 spiro atoms. The number of aromatic nitrogens is 4. The van der Waals surface area contributed by atoms with Crippen LogP contribution in [-0.2, 0) is 4.79 Å². The molecule has 0 unspecified atom stereocenters. The average Bonchev–Trinajstić information content (AvgIpc) is 3.13. The molecule has 8 nitrogen and oxygen atoms in total. The standard InChI is InChI=1S/C19H22N6O2/c1-13(26)25-19(2,3)12-27-16-6-4-5-14(9-16)18-20-8-7-17(24-18)23-15-10-21-22-11-15/h4-11H,12H2,1-3H3,(H,21,22)(H,25,26)(H,20,23,24). The normalized spacial score (nSPS) is 11.1. The highest BCUT2D eigenvalue weighted by molar-refractivity contribution is 5.73. The maximum Gasteiger partial charge on any atom is 0.217 e. The van der Waals surface area contributed by atoms with E-state index in [1.807, 2.05) is 38.1 Å². The third kappa shape index (κ3) is 5.27. The van der Waals surface area contributed by atoms with Crippen molar-refractivity contribution < 1.29 is 9.53 Å². The van der Waals surface area contributed by atoms with Gasteiger partial charge in [-0.1, -0.05) is 12.1 Å². The van der Waals surface area contributed by atoms with Gasteiger partial charge in [0, 0.05) is 24.9 Å². The van der Waals surface area contributed by atoms with Gasteiger partial charge in [0.2, 0.25) is 5.91 Å². The Morgan fingerprint density at radius 3 is 2.89 bits per heavy atom. The first-order valence-electron chi connectivity index (χ1n) is 8.52. The summed E-state index contributed by atoms with van der Waals surface area (Å²) in [6.07, 6.45) is 5.11. The van der Waals surface area contributed by atoms with Gasteiger partial charge in [-0.05, 0) is 32.0 Å². The number of nitrogens with one attached hydrogen (secondary N) is 3. The van der Waals surface area contributed by atoms with E-state index < -0.39 is 5.54 Å². The van der Waals surface area contributed by atoms with Crippen LogP contribution in [0, 0.1) is 0 Å². The minimum atomic E-state index is -0.466. The van der Waals surface area contributed by atoms with Gasteiger partial charge in [0.1, 0.15) is 18.2 Å². The molecule has 0 atom stereocenters.